The van der Waals surface area contributed by atoms with Gasteiger partial charge in [-0.15, -0.1) is 0 Å². The molecule has 28 heavy (non-hydrogen) atoms. The molecule has 3 aromatic rings. The molecule has 0 aliphatic carbocycles. The highest BCUT2D eigenvalue weighted by Gasteiger charge is 2.19. The summed E-state index contributed by atoms with van der Waals surface area (Å²) >= 11 is 0. The van der Waals surface area contributed by atoms with Crippen molar-refractivity contribution in [3.63, 3.8) is 0 Å². The molecule has 2 aromatic carbocycles. The predicted molar refractivity (Wildman–Crippen MR) is 107 cm³/mol. The number of furan rings is 1. The first-order chi connectivity index (χ1) is 13.6. The molecule has 5 nitrogen and oxygen atoms in total. The summed E-state index contributed by atoms with van der Waals surface area (Å²) in [4.78, 5) is 11.7. The van der Waals surface area contributed by atoms with Crippen molar-refractivity contribution in [1.82, 2.24) is 0 Å². The molecule has 0 radical (unpaired) electrons. The lowest BCUT2D eigenvalue weighted by atomic mass is 10.0. The number of ether oxygens (including phenoxy) is 1. The van der Waals surface area contributed by atoms with Crippen molar-refractivity contribution < 1.29 is 24.4 Å². The Balaban J connectivity index is 1.59. The van der Waals surface area contributed by atoms with Gasteiger partial charge in [0.05, 0.1) is 12.2 Å². The molecule has 0 amide bonds. The Kier molecular flexibility index (Phi) is 6.63. The fourth-order valence-electron chi connectivity index (χ4n) is 3.01. The zero-order valence-electron chi connectivity index (χ0n) is 16.2. The standard InChI is InChI=1S/C23H25NO4/c1-3-27-23(26)19-11-9-17(10-12-19)21-14-13-20(28-21)15-24-16(2)22(25)18-7-5-4-6-8-18/h4-14,16,22,24-25H,3,15H2,1-2H3/p+1/t16-,22+/m1/s1. The molecule has 0 saturated heterocycles. The first kappa shape index (κ1) is 19.9. The summed E-state index contributed by atoms with van der Waals surface area (Å²) in [5, 5.41) is 12.5. The number of nitrogens with two attached hydrogens (primary N) is 1. The molecule has 0 aliphatic heterocycles. The minimum absolute atomic E-state index is 0.000175. The van der Waals surface area contributed by atoms with Gasteiger partial charge in [-0.3, -0.25) is 0 Å². The number of quaternary nitrogens is 1. The van der Waals surface area contributed by atoms with Crippen LogP contribution in [0.2, 0.25) is 0 Å². The molecule has 0 aliphatic rings. The Morgan fingerprint density at radius 2 is 1.79 bits per heavy atom. The van der Waals surface area contributed by atoms with Crippen LogP contribution in [0.3, 0.4) is 0 Å². The molecule has 0 unspecified atom stereocenters. The second kappa shape index (κ2) is 9.35. The number of carbonyl (C=O) groups excluding carboxylic acids is 1. The highest BCUT2D eigenvalue weighted by Crippen LogP contribution is 2.23. The maximum atomic E-state index is 11.7. The molecule has 5 heteroatoms. The van der Waals surface area contributed by atoms with Crippen LogP contribution in [0.1, 0.15) is 41.6 Å². The third-order valence-corrected chi connectivity index (χ3v) is 4.67. The minimum Gasteiger partial charge on any atom is -0.462 e. The Morgan fingerprint density at radius 1 is 1.07 bits per heavy atom. The van der Waals surface area contributed by atoms with Crippen molar-refractivity contribution >= 4 is 5.97 Å². The lowest BCUT2D eigenvalue weighted by molar-refractivity contribution is -0.710. The van der Waals surface area contributed by atoms with Gasteiger partial charge in [-0.05, 0) is 43.7 Å². The van der Waals surface area contributed by atoms with Crippen LogP contribution in [0.4, 0.5) is 0 Å². The van der Waals surface area contributed by atoms with Crippen LogP contribution >= 0.6 is 0 Å². The molecule has 0 saturated carbocycles. The van der Waals surface area contributed by atoms with E-state index >= 15 is 0 Å². The van der Waals surface area contributed by atoms with Crippen molar-refractivity contribution in [3.05, 3.63) is 83.6 Å². The third-order valence-electron chi connectivity index (χ3n) is 4.67. The average molecular weight is 380 g/mol. The number of hydrogen-bond donors (Lipinski definition) is 2. The molecule has 0 fully saturated rings. The summed E-state index contributed by atoms with van der Waals surface area (Å²) in [5.74, 6) is 1.25. The normalized spacial score (nSPS) is 13.1. The fraction of sp³-hybridized carbons (Fsp3) is 0.261. The Labute approximate surface area is 165 Å². The van der Waals surface area contributed by atoms with Crippen LogP contribution in [0.25, 0.3) is 11.3 Å². The van der Waals surface area contributed by atoms with Gasteiger partial charge in [0.2, 0.25) is 0 Å². The molecular formula is C23H26NO4+. The van der Waals surface area contributed by atoms with E-state index in [1.807, 2.05) is 61.5 Å². The number of hydrogen-bond acceptors (Lipinski definition) is 4. The van der Waals surface area contributed by atoms with Crippen molar-refractivity contribution in [2.24, 2.45) is 0 Å². The zero-order chi connectivity index (χ0) is 19.9. The van der Waals surface area contributed by atoms with Crippen molar-refractivity contribution in [2.75, 3.05) is 6.61 Å². The van der Waals surface area contributed by atoms with E-state index in [4.69, 9.17) is 9.15 Å². The van der Waals surface area contributed by atoms with Crippen molar-refractivity contribution in [3.8, 4) is 11.3 Å². The lowest BCUT2D eigenvalue weighted by Crippen LogP contribution is -2.88. The topological polar surface area (TPSA) is 76.3 Å². The van der Waals surface area contributed by atoms with Gasteiger partial charge in [0.1, 0.15) is 24.5 Å². The second-order valence-electron chi connectivity index (χ2n) is 6.72. The first-order valence-corrected chi connectivity index (χ1v) is 9.51. The quantitative estimate of drug-likeness (QED) is 0.588. The monoisotopic (exact) mass is 380 g/mol. The maximum absolute atomic E-state index is 11.7. The van der Waals surface area contributed by atoms with Gasteiger partial charge < -0.3 is 19.6 Å². The van der Waals surface area contributed by atoms with Crippen LogP contribution in [-0.4, -0.2) is 23.7 Å². The fourth-order valence-corrected chi connectivity index (χ4v) is 3.01. The highest BCUT2D eigenvalue weighted by atomic mass is 16.5. The molecule has 146 valence electrons. The summed E-state index contributed by atoms with van der Waals surface area (Å²) in [7, 11) is 0. The molecule has 3 rings (SSSR count). The summed E-state index contributed by atoms with van der Waals surface area (Å²) < 4.78 is 10.9. The largest absolute Gasteiger partial charge is 0.462 e. The van der Waals surface area contributed by atoms with E-state index in [0.717, 1.165) is 22.6 Å². The summed E-state index contributed by atoms with van der Waals surface area (Å²) in [6.07, 6.45) is -0.536. The van der Waals surface area contributed by atoms with Gasteiger partial charge in [-0.2, -0.15) is 0 Å². The van der Waals surface area contributed by atoms with Gasteiger partial charge >= 0.3 is 5.97 Å². The first-order valence-electron chi connectivity index (χ1n) is 9.51. The molecule has 0 bridgehead atoms. The van der Waals surface area contributed by atoms with Crippen LogP contribution < -0.4 is 5.32 Å². The molecule has 1 heterocycles. The summed E-state index contributed by atoms with van der Waals surface area (Å²) in [6, 6.07) is 20.7. The van der Waals surface area contributed by atoms with E-state index < -0.39 is 6.10 Å². The van der Waals surface area contributed by atoms with E-state index in [-0.39, 0.29) is 12.0 Å². The smallest absolute Gasteiger partial charge is 0.338 e. The van der Waals surface area contributed by atoms with E-state index in [9.17, 15) is 9.90 Å². The van der Waals surface area contributed by atoms with Crippen molar-refractivity contribution in [2.45, 2.75) is 32.5 Å². The average Bonchev–Trinajstić information content (AvgIpc) is 3.21. The lowest BCUT2D eigenvalue weighted by Gasteiger charge is -2.17. The van der Waals surface area contributed by atoms with E-state index in [1.165, 1.54) is 0 Å². The van der Waals surface area contributed by atoms with E-state index in [1.54, 1.807) is 19.1 Å². The van der Waals surface area contributed by atoms with Gasteiger partial charge in [-0.1, -0.05) is 42.5 Å². The number of aliphatic hydroxyl groups is 1. The second-order valence-corrected chi connectivity index (χ2v) is 6.72. The molecule has 2 atom stereocenters. The number of esters is 1. The van der Waals surface area contributed by atoms with Crippen molar-refractivity contribution in [1.29, 1.82) is 0 Å². The van der Waals surface area contributed by atoms with Crippen LogP contribution in [0.5, 0.6) is 0 Å². The third kappa shape index (κ3) is 4.88. The number of rotatable bonds is 8. The van der Waals surface area contributed by atoms with Gasteiger partial charge in [0.25, 0.3) is 0 Å². The number of carbonyl (C=O) groups is 1. The van der Waals surface area contributed by atoms with E-state index in [0.29, 0.717) is 18.7 Å². The van der Waals surface area contributed by atoms with Crippen LogP contribution in [-0.2, 0) is 11.3 Å². The SMILES string of the molecule is CCOC(=O)c1ccc(-c2ccc(C[NH2+][C@H](C)[C@H](O)c3ccccc3)o2)cc1. The van der Waals surface area contributed by atoms with E-state index in [2.05, 4.69) is 5.32 Å². The van der Waals surface area contributed by atoms with Crippen LogP contribution in [0.15, 0.2) is 71.1 Å². The molecule has 1 aromatic heterocycles. The Morgan fingerprint density at radius 3 is 2.46 bits per heavy atom. The van der Waals surface area contributed by atoms with Gasteiger partial charge in [0, 0.05) is 5.56 Å². The summed E-state index contributed by atoms with van der Waals surface area (Å²) in [5.41, 5.74) is 2.33. The van der Waals surface area contributed by atoms with Gasteiger partial charge in [-0.25, -0.2) is 4.79 Å². The molecule has 3 N–H and O–H groups in total. The number of aliphatic hydroxyl groups excluding tert-OH is 1. The maximum Gasteiger partial charge on any atom is 0.338 e. The van der Waals surface area contributed by atoms with Crippen LogP contribution in [0, 0.1) is 0 Å². The number of benzene rings is 2. The predicted octanol–water partition coefficient (Wildman–Crippen LogP) is 3.31. The zero-order valence-corrected chi connectivity index (χ0v) is 16.2. The molecule has 0 spiro atoms. The minimum atomic E-state index is -0.536. The summed E-state index contributed by atoms with van der Waals surface area (Å²) in [6.45, 7) is 4.77. The highest BCUT2D eigenvalue weighted by molar-refractivity contribution is 5.89. The Hall–Kier alpha value is -2.89. The van der Waals surface area contributed by atoms with Gasteiger partial charge in [0.15, 0.2) is 5.76 Å². The molecular weight excluding hydrogens is 354 g/mol. The Bertz CT molecular complexity index is 886.